The maximum absolute atomic E-state index is 12.7. The van der Waals surface area contributed by atoms with Gasteiger partial charge in [0.25, 0.3) is 5.91 Å². The molecule has 3 heterocycles. The second-order valence-electron chi connectivity index (χ2n) is 6.20. The van der Waals surface area contributed by atoms with Gasteiger partial charge in [-0.25, -0.2) is 0 Å². The molecule has 0 fully saturated rings. The van der Waals surface area contributed by atoms with Gasteiger partial charge in [-0.3, -0.25) is 19.0 Å². The van der Waals surface area contributed by atoms with E-state index in [0.717, 1.165) is 0 Å². The van der Waals surface area contributed by atoms with Gasteiger partial charge in [0.1, 0.15) is 11.8 Å². The molecule has 1 unspecified atom stereocenters. The third-order valence-corrected chi connectivity index (χ3v) is 4.66. The van der Waals surface area contributed by atoms with Crippen LogP contribution in [-0.4, -0.2) is 31.4 Å². The van der Waals surface area contributed by atoms with Gasteiger partial charge < -0.3 is 15.1 Å². The lowest BCUT2D eigenvalue weighted by atomic mass is 10.2. The third kappa shape index (κ3) is 4.09. The zero-order valence-electron chi connectivity index (χ0n) is 15.8. The molecule has 0 aliphatic heterocycles. The number of rotatable bonds is 7. The van der Waals surface area contributed by atoms with Crippen LogP contribution < -0.4 is 10.6 Å². The van der Waals surface area contributed by atoms with Gasteiger partial charge in [-0.2, -0.15) is 10.2 Å². The number of hydrogen-bond acceptors (Lipinski definition) is 5. The molecule has 2 N–H and O–H groups in total. The van der Waals surface area contributed by atoms with Crippen molar-refractivity contribution in [2.75, 3.05) is 5.32 Å². The Morgan fingerprint density at radius 1 is 1.39 bits per heavy atom. The van der Waals surface area contributed by atoms with E-state index in [0.29, 0.717) is 28.7 Å². The van der Waals surface area contributed by atoms with Crippen molar-refractivity contribution >= 4 is 29.1 Å². The largest absolute Gasteiger partial charge is 0.467 e. The summed E-state index contributed by atoms with van der Waals surface area (Å²) in [6.07, 6.45) is 4.64. The minimum absolute atomic E-state index is 0.129. The van der Waals surface area contributed by atoms with Crippen molar-refractivity contribution in [1.29, 1.82) is 0 Å². The van der Waals surface area contributed by atoms with Gasteiger partial charge in [-0.15, -0.1) is 0 Å². The van der Waals surface area contributed by atoms with E-state index in [2.05, 4.69) is 20.8 Å². The van der Waals surface area contributed by atoms with Gasteiger partial charge in [0.15, 0.2) is 5.69 Å². The number of carbonyl (C=O) groups excluding carboxylic acids is 2. The molecule has 3 aromatic heterocycles. The van der Waals surface area contributed by atoms with Gasteiger partial charge >= 0.3 is 0 Å². The standard InChI is InChI=1S/C18H21ClN6O3/c1-4-24-10-15(16(23-24)18(27)20-8-13-6-5-7-28-13)22-17(26)12(3)25-11(2)14(19)9-21-25/h5-7,9-10,12H,4,8H2,1-3H3,(H,20,27)(H,22,26). The van der Waals surface area contributed by atoms with Crippen molar-refractivity contribution in [2.45, 2.75) is 39.9 Å². The lowest BCUT2D eigenvalue weighted by Gasteiger charge is -2.14. The van der Waals surface area contributed by atoms with Gasteiger partial charge in [0.05, 0.1) is 35.4 Å². The van der Waals surface area contributed by atoms with E-state index in [1.54, 1.807) is 36.9 Å². The predicted octanol–water partition coefficient (Wildman–Crippen LogP) is 2.78. The molecule has 10 heteroatoms. The van der Waals surface area contributed by atoms with Crippen molar-refractivity contribution in [3.63, 3.8) is 0 Å². The van der Waals surface area contributed by atoms with Crippen LogP contribution in [0.4, 0.5) is 5.69 Å². The molecule has 9 nitrogen and oxygen atoms in total. The quantitative estimate of drug-likeness (QED) is 0.629. The second kappa shape index (κ2) is 8.30. The maximum atomic E-state index is 12.7. The van der Waals surface area contributed by atoms with E-state index in [4.69, 9.17) is 16.0 Å². The number of anilines is 1. The molecule has 148 valence electrons. The Morgan fingerprint density at radius 2 is 2.18 bits per heavy atom. The van der Waals surface area contributed by atoms with Crippen molar-refractivity contribution in [3.05, 3.63) is 53.0 Å². The first-order valence-electron chi connectivity index (χ1n) is 8.79. The Hall–Kier alpha value is -3.07. The minimum Gasteiger partial charge on any atom is -0.467 e. The van der Waals surface area contributed by atoms with Crippen molar-refractivity contribution in [2.24, 2.45) is 0 Å². The van der Waals surface area contributed by atoms with Crippen LogP contribution in [0.1, 0.15) is 41.8 Å². The summed E-state index contributed by atoms with van der Waals surface area (Å²) in [6.45, 7) is 6.15. The van der Waals surface area contributed by atoms with Crippen LogP contribution in [0.25, 0.3) is 0 Å². The Labute approximate surface area is 166 Å². The van der Waals surface area contributed by atoms with Crippen LogP contribution >= 0.6 is 11.6 Å². The number of aryl methyl sites for hydroxylation is 1. The molecule has 28 heavy (non-hydrogen) atoms. The SMILES string of the molecule is CCn1cc(NC(=O)C(C)n2ncc(Cl)c2C)c(C(=O)NCc2ccco2)n1. The van der Waals surface area contributed by atoms with E-state index < -0.39 is 11.9 Å². The normalized spacial score (nSPS) is 12.0. The average Bonchev–Trinajstić information content (AvgIpc) is 3.41. The molecule has 0 saturated carbocycles. The first-order valence-corrected chi connectivity index (χ1v) is 9.17. The Bertz CT molecular complexity index is 976. The molecule has 0 bridgehead atoms. The van der Waals surface area contributed by atoms with E-state index >= 15 is 0 Å². The summed E-state index contributed by atoms with van der Waals surface area (Å²) >= 11 is 6.02. The monoisotopic (exact) mass is 404 g/mol. The number of aromatic nitrogens is 4. The molecular formula is C18H21ClN6O3. The highest BCUT2D eigenvalue weighted by Crippen LogP contribution is 2.20. The highest BCUT2D eigenvalue weighted by Gasteiger charge is 2.23. The van der Waals surface area contributed by atoms with E-state index in [-0.39, 0.29) is 18.1 Å². The number of hydrogen-bond donors (Lipinski definition) is 2. The third-order valence-electron chi connectivity index (χ3n) is 4.29. The summed E-state index contributed by atoms with van der Waals surface area (Å²) in [4.78, 5) is 25.2. The van der Waals surface area contributed by atoms with Gasteiger partial charge in [0.2, 0.25) is 5.91 Å². The number of nitrogens with one attached hydrogen (secondary N) is 2. The summed E-state index contributed by atoms with van der Waals surface area (Å²) in [6, 6.07) is 2.88. The highest BCUT2D eigenvalue weighted by atomic mass is 35.5. The fourth-order valence-electron chi connectivity index (χ4n) is 2.65. The number of halogens is 1. The zero-order valence-corrected chi connectivity index (χ0v) is 16.5. The summed E-state index contributed by atoms with van der Waals surface area (Å²) in [5.74, 6) is -0.128. The molecule has 0 aliphatic carbocycles. The molecule has 3 aromatic rings. The van der Waals surface area contributed by atoms with Crippen LogP contribution in [0.3, 0.4) is 0 Å². The van der Waals surface area contributed by atoms with E-state index in [9.17, 15) is 9.59 Å². The molecule has 0 aromatic carbocycles. The maximum Gasteiger partial charge on any atom is 0.274 e. The highest BCUT2D eigenvalue weighted by molar-refractivity contribution is 6.31. The van der Waals surface area contributed by atoms with Crippen LogP contribution in [0.5, 0.6) is 0 Å². The number of amides is 2. The van der Waals surface area contributed by atoms with Crippen LogP contribution in [0, 0.1) is 6.92 Å². The zero-order chi connectivity index (χ0) is 20.3. The molecule has 0 aliphatic rings. The molecule has 1 atom stereocenters. The molecule has 0 saturated heterocycles. The number of nitrogens with zero attached hydrogens (tertiary/aromatic N) is 4. The van der Waals surface area contributed by atoms with E-state index in [1.165, 1.54) is 17.1 Å². The van der Waals surface area contributed by atoms with Crippen molar-refractivity contribution in [1.82, 2.24) is 24.9 Å². The first kappa shape index (κ1) is 19.7. The van der Waals surface area contributed by atoms with Crippen LogP contribution in [0.15, 0.2) is 35.2 Å². The summed E-state index contributed by atoms with van der Waals surface area (Å²) in [5.41, 5.74) is 1.14. The Balaban J connectivity index is 1.75. The molecule has 0 radical (unpaired) electrons. The fraction of sp³-hybridized carbons (Fsp3) is 0.333. The van der Waals surface area contributed by atoms with Gasteiger partial charge in [-0.1, -0.05) is 11.6 Å². The predicted molar refractivity (Wildman–Crippen MR) is 103 cm³/mol. The van der Waals surface area contributed by atoms with E-state index in [1.807, 2.05) is 6.92 Å². The molecular weight excluding hydrogens is 384 g/mol. The number of carbonyl (C=O) groups is 2. The topological polar surface area (TPSA) is 107 Å². The summed E-state index contributed by atoms with van der Waals surface area (Å²) in [7, 11) is 0. The van der Waals surface area contributed by atoms with Crippen LogP contribution in [0.2, 0.25) is 5.02 Å². The van der Waals surface area contributed by atoms with Crippen LogP contribution in [-0.2, 0) is 17.9 Å². The Morgan fingerprint density at radius 3 is 2.79 bits per heavy atom. The minimum atomic E-state index is -0.614. The molecule has 0 spiro atoms. The molecule has 3 rings (SSSR count). The Kier molecular flexibility index (Phi) is 5.84. The summed E-state index contributed by atoms with van der Waals surface area (Å²) < 4.78 is 8.31. The first-order chi connectivity index (χ1) is 13.4. The fourth-order valence-corrected chi connectivity index (χ4v) is 2.78. The second-order valence-corrected chi connectivity index (χ2v) is 6.60. The average molecular weight is 405 g/mol. The lowest BCUT2D eigenvalue weighted by molar-refractivity contribution is -0.119. The van der Waals surface area contributed by atoms with Gasteiger partial charge in [-0.05, 0) is 32.9 Å². The van der Waals surface area contributed by atoms with Crippen molar-refractivity contribution in [3.8, 4) is 0 Å². The summed E-state index contributed by atoms with van der Waals surface area (Å²) in [5, 5.41) is 14.4. The van der Waals surface area contributed by atoms with Crippen molar-refractivity contribution < 1.29 is 14.0 Å². The molecule has 2 amide bonds. The van der Waals surface area contributed by atoms with Gasteiger partial charge in [0, 0.05) is 12.7 Å². The smallest absolute Gasteiger partial charge is 0.274 e. The lowest BCUT2D eigenvalue weighted by Crippen LogP contribution is -2.28. The number of furan rings is 1.